The number of nitrogens with one attached hydrogen (secondary N) is 2. The minimum atomic E-state index is -4.46. The molecule has 22 heavy (non-hydrogen) atoms. The lowest BCUT2D eigenvalue weighted by Gasteiger charge is -2.12. The summed E-state index contributed by atoms with van der Waals surface area (Å²) in [6.45, 7) is 0. The van der Waals surface area contributed by atoms with E-state index in [-0.39, 0.29) is 16.4 Å². The summed E-state index contributed by atoms with van der Waals surface area (Å²) in [6, 6.07) is 5.86. The molecule has 0 saturated carbocycles. The van der Waals surface area contributed by atoms with Gasteiger partial charge in [0.25, 0.3) is 5.91 Å². The van der Waals surface area contributed by atoms with Crippen molar-refractivity contribution in [3.05, 3.63) is 57.3 Å². The Morgan fingerprint density at radius 1 is 1.27 bits per heavy atom. The van der Waals surface area contributed by atoms with Crippen LogP contribution in [-0.2, 0) is 6.18 Å². The van der Waals surface area contributed by atoms with Crippen LogP contribution < -0.4 is 10.9 Å². The van der Waals surface area contributed by atoms with Gasteiger partial charge in [0, 0.05) is 10.7 Å². The molecule has 0 atom stereocenters. The number of anilines is 1. The number of carbonyl (C=O) groups is 1. The van der Waals surface area contributed by atoms with E-state index in [4.69, 9.17) is 11.6 Å². The highest BCUT2D eigenvalue weighted by atomic mass is 79.9. The molecule has 0 saturated heterocycles. The SMILES string of the molecule is O=C(NNc1cccc(C(F)(F)F)c1)c1cc(Br)cnc1Cl. The lowest BCUT2D eigenvalue weighted by Crippen LogP contribution is -2.29. The second kappa shape index (κ2) is 6.53. The molecule has 0 spiro atoms. The lowest BCUT2D eigenvalue weighted by molar-refractivity contribution is -0.137. The first-order valence-electron chi connectivity index (χ1n) is 5.82. The Kier molecular flexibility index (Phi) is 4.92. The van der Waals surface area contributed by atoms with Crippen LogP contribution in [0.1, 0.15) is 15.9 Å². The summed E-state index contributed by atoms with van der Waals surface area (Å²) in [5, 5.41) is -0.0217. The number of amides is 1. The molecule has 0 fully saturated rings. The number of aromatic nitrogens is 1. The zero-order valence-electron chi connectivity index (χ0n) is 10.7. The standard InChI is InChI=1S/C13H8BrClF3N3O/c14-8-5-10(11(15)19-6-8)12(22)21-20-9-3-1-2-7(4-9)13(16,17)18/h1-6,20H,(H,21,22). The van der Waals surface area contributed by atoms with E-state index < -0.39 is 17.6 Å². The maximum absolute atomic E-state index is 12.6. The number of benzene rings is 1. The molecule has 1 aromatic carbocycles. The van der Waals surface area contributed by atoms with Gasteiger partial charge in [0.2, 0.25) is 0 Å². The van der Waals surface area contributed by atoms with Crippen LogP contribution in [0.25, 0.3) is 0 Å². The van der Waals surface area contributed by atoms with Crippen LogP contribution in [0.3, 0.4) is 0 Å². The number of hydrogen-bond donors (Lipinski definition) is 2. The third-order valence-electron chi connectivity index (χ3n) is 2.56. The molecule has 2 rings (SSSR count). The Labute approximate surface area is 136 Å². The molecule has 1 amide bonds. The van der Waals surface area contributed by atoms with Crippen LogP contribution in [0.15, 0.2) is 41.0 Å². The topological polar surface area (TPSA) is 54.0 Å². The molecule has 1 heterocycles. The summed E-state index contributed by atoms with van der Waals surface area (Å²) in [5.41, 5.74) is 4.00. The molecule has 2 N–H and O–H groups in total. The second-order valence-corrected chi connectivity index (χ2v) is 5.42. The van der Waals surface area contributed by atoms with Gasteiger partial charge in [-0.3, -0.25) is 15.6 Å². The molecule has 1 aromatic heterocycles. The maximum atomic E-state index is 12.6. The molecule has 0 aliphatic carbocycles. The van der Waals surface area contributed by atoms with E-state index in [1.807, 2.05) is 0 Å². The van der Waals surface area contributed by atoms with Crippen molar-refractivity contribution in [3.8, 4) is 0 Å². The molecule has 4 nitrogen and oxygen atoms in total. The zero-order chi connectivity index (χ0) is 16.3. The lowest BCUT2D eigenvalue weighted by atomic mass is 10.2. The Balaban J connectivity index is 2.10. The summed E-state index contributed by atoms with van der Waals surface area (Å²) in [4.78, 5) is 15.7. The minimum Gasteiger partial charge on any atom is -0.298 e. The van der Waals surface area contributed by atoms with E-state index in [9.17, 15) is 18.0 Å². The van der Waals surface area contributed by atoms with Crippen LogP contribution >= 0.6 is 27.5 Å². The molecule has 0 radical (unpaired) electrons. The van der Waals surface area contributed by atoms with Gasteiger partial charge in [-0.05, 0) is 40.2 Å². The van der Waals surface area contributed by atoms with Crippen LogP contribution in [0.4, 0.5) is 18.9 Å². The van der Waals surface area contributed by atoms with Gasteiger partial charge in [0.05, 0.1) is 16.8 Å². The molecular formula is C13H8BrClF3N3O. The van der Waals surface area contributed by atoms with Crippen molar-refractivity contribution >= 4 is 39.1 Å². The van der Waals surface area contributed by atoms with E-state index >= 15 is 0 Å². The summed E-state index contributed by atoms with van der Waals surface area (Å²) in [6.07, 6.45) is -3.04. The predicted octanol–water partition coefficient (Wildman–Crippen LogP) is 4.27. The number of hydrogen-bond acceptors (Lipinski definition) is 3. The van der Waals surface area contributed by atoms with E-state index in [2.05, 4.69) is 31.8 Å². The maximum Gasteiger partial charge on any atom is 0.416 e. The Bertz CT molecular complexity index is 709. The number of rotatable bonds is 3. The molecule has 0 bridgehead atoms. The van der Waals surface area contributed by atoms with Crippen molar-refractivity contribution in [2.24, 2.45) is 0 Å². The minimum absolute atomic E-state index is 0.0217. The molecule has 116 valence electrons. The average molecular weight is 395 g/mol. The van der Waals surface area contributed by atoms with E-state index in [0.29, 0.717) is 4.47 Å². The Morgan fingerprint density at radius 2 is 2.00 bits per heavy atom. The molecule has 0 aliphatic heterocycles. The van der Waals surface area contributed by atoms with Crippen molar-refractivity contribution in [2.45, 2.75) is 6.18 Å². The van der Waals surface area contributed by atoms with Gasteiger partial charge in [-0.2, -0.15) is 13.2 Å². The van der Waals surface area contributed by atoms with Crippen molar-refractivity contribution in [1.82, 2.24) is 10.4 Å². The first kappa shape index (κ1) is 16.6. The Hall–Kier alpha value is -1.80. The average Bonchev–Trinajstić information content (AvgIpc) is 2.47. The quantitative estimate of drug-likeness (QED) is 0.604. The number of alkyl halides is 3. The predicted molar refractivity (Wildman–Crippen MR) is 79.5 cm³/mol. The highest BCUT2D eigenvalue weighted by Crippen LogP contribution is 2.30. The van der Waals surface area contributed by atoms with E-state index in [1.165, 1.54) is 24.4 Å². The highest BCUT2D eigenvalue weighted by molar-refractivity contribution is 9.10. The van der Waals surface area contributed by atoms with Crippen molar-refractivity contribution in [2.75, 3.05) is 5.43 Å². The van der Waals surface area contributed by atoms with Gasteiger partial charge in [0.15, 0.2) is 0 Å². The van der Waals surface area contributed by atoms with Gasteiger partial charge in [-0.25, -0.2) is 4.98 Å². The van der Waals surface area contributed by atoms with Crippen molar-refractivity contribution in [1.29, 1.82) is 0 Å². The summed E-state index contributed by atoms with van der Waals surface area (Å²) < 4.78 is 38.3. The normalized spacial score (nSPS) is 11.1. The molecular weight excluding hydrogens is 387 g/mol. The molecule has 0 aliphatic rings. The number of hydrazine groups is 1. The van der Waals surface area contributed by atoms with Crippen LogP contribution in [-0.4, -0.2) is 10.9 Å². The van der Waals surface area contributed by atoms with Crippen LogP contribution in [0.2, 0.25) is 5.15 Å². The van der Waals surface area contributed by atoms with Gasteiger partial charge < -0.3 is 0 Å². The van der Waals surface area contributed by atoms with Gasteiger partial charge in [0.1, 0.15) is 5.15 Å². The highest BCUT2D eigenvalue weighted by Gasteiger charge is 2.30. The zero-order valence-corrected chi connectivity index (χ0v) is 13.1. The molecule has 9 heteroatoms. The van der Waals surface area contributed by atoms with E-state index in [0.717, 1.165) is 12.1 Å². The molecule has 2 aromatic rings. The fraction of sp³-hybridized carbons (Fsp3) is 0.0769. The third-order valence-corrected chi connectivity index (χ3v) is 3.30. The first-order chi connectivity index (χ1) is 10.3. The fourth-order valence-electron chi connectivity index (χ4n) is 1.55. The third kappa shape index (κ3) is 4.11. The summed E-state index contributed by atoms with van der Waals surface area (Å²) >= 11 is 8.93. The number of nitrogens with zero attached hydrogens (tertiary/aromatic N) is 1. The number of pyridine rings is 1. The van der Waals surface area contributed by atoms with Gasteiger partial charge in [-0.15, -0.1) is 0 Å². The summed E-state index contributed by atoms with van der Waals surface area (Å²) in [5.74, 6) is -0.629. The van der Waals surface area contributed by atoms with Gasteiger partial charge >= 0.3 is 6.18 Å². The van der Waals surface area contributed by atoms with Crippen LogP contribution in [0.5, 0.6) is 0 Å². The smallest absolute Gasteiger partial charge is 0.298 e. The monoisotopic (exact) mass is 393 g/mol. The fourth-order valence-corrected chi connectivity index (χ4v) is 2.07. The number of carbonyl (C=O) groups excluding carboxylic acids is 1. The molecule has 0 unspecified atom stereocenters. The summed E-state index contributed by atoms with van der Waals surface area (Å²) in [7, 11) is 0. The Morgan fingerprint density at radius 3 is 2.68 bits per heavy atom. The second-order valence-electron chi connectivity index (χ2n) is 4.15. The number of halogens is 5. The van der Waals surface area contributed by atoms with E-state index in [1.54, 1.807) is 0 Å². The van der Waals surface area contributed by atoms with Crippen molar-refractivity contribution in [3.63, 3.8) is 0 Å². The first-order valence-corrected chi connectivity index (χ1v) is 6.99. The largest absolute Gasteiger partial charge is 0.416 e. The van der Waals surface area contributed by atoms with Gasteiger partial charge in [-0.1, -0.05) is 17.7 Å². The van der Waals surface area contributed by atoms with Crippen LogP contribution in [0, 0.1) is 0 Å². The van der Waals surface area contributed by atoms with Crippen molar-refractivity contribution < 1.29 is 18.0 Å².